The highest BCUT2D eigenvalue weighted by Crippen LogP contribution is 2.42. The molecule has 3 unspecified atom stereocenters. The molecule has 0 aliphatic carbocycles. The Balaban J connectivity index is 1.03. The lowest BCUT2D eigenvalue weighted by molar-refractivity contribution is 0.203. The second-order valence-electron chi connectivity index (χ2n) is 13.3. The van der Waals surface area contributed by atoms with E-state index in [4.69, 9.17) is 8.83 Å². The van der Waals surface area contributed by atoms with Gasteiger partial charge in [0.1, 0.15) is 22.3 Å². The molecular formula is C45H31N3O2S. The number of fused-ring (bicyclic) bond motifs is 9. The third-order valence-corrected chi connectivity index (χ3v) is 11.7. The summed E-state index contributed by atoms with van der Waals surface area (Å²) in [5.41, 5.74) is 9.19. The Bertz CT molecular complexity index is 2940. The summed E-state index contributed by atoms with van der Waals surface area (Å²) in [5.74, 6) is 0. The van der Waals surface area contributed by atoms with Crippen molar-refractivity contribution in [3.8, 4) is 11.1 Å². The Morgan fingerprint density at radius 2 is 1.02 bits per heavy atom. The fourth-order valence-electron chi connectivity index (χ4n) is 8.03. The van der Waals surface area contributed by atoms with E-state index in [9.17, 15) is 0 Å². The summed E-state index contributed by atoms with van der Waals surface area (Å²) < 4.78 is 16.0. The smallest absolute Gasteiger partial charge is 0.141 e. The molecular weight excluding hydrogens is 647 g/mol. The van der Waals surface area contributed by atoms with Gasteiger partial charge in [0.05, 0.1) is 18.5 Å². The summed E-state index contributed by atoms with van der Waals surface area (Å²) in [6, 6.07) is 53.6. The van der Waals surface area contributed by atoms with Crippen LogP contribution in [0.25, 0.3) is 75.2 Å². The SMILES string of the molecule is c1ccc(C2NC(c3cccc4c3oc3ccccc34)NC(c3cccc4c3oc3cc(-c5cccc6c5sc5ccccc56)ccc34)N2)cc1. The molecule has 10 aromatic rings. The average molecular weight is 678 g/mol. The molecule has 5 nitrogen and oxygen atoms in total. The molecule has 11 rings (SSSR count). The van der Waals surface area contributed by atoms with Crippen molar-refractivity contribution in [2.24, 2.45) is 0 Å². The first-order valence-electron chi connectivity index (χ1n) is 17.4. The summed E-state index contributed by atoms with van der Waals surface area (Å²) in [6.45, 7) is 0. The number of furan rings is 2. The van der Waals surface area contributed by atoms with Crippen LogP contribution < -0.4 is 16.0 Å². The lowest BCUT2D eigenvalue weighted by atomic mass is 10.00. The second kappa shape index (κ2) is 11.4. The Labute approximate surface area is 297 Å². The van der Waals surface area contributed by atoms with Gasteiger partial charge in [0.2, 0.25) is 0 Å². The standard InChI is InChI=1S/C45H31N3O2S/c1-2-11-26(12-3-1)43-46-44(35-19-9-16-32-29-13-4-6-21-37(29)49-40(32)35)48-45(47-43)36-20-10-17-33-30-24-23-27(25-38(30)50-41(33)36)28-15-8-18-34-31-14-5-7-22-39(31)51-42(28)34/h1-25,43-48H. The maximum atomic E-state index is 6.85. The molecule has 0 bridgehead atoms. The minimum Gasteiger partial charge on any atom is -0.456 e. The van der Waals surface area contributed by atoms with Gasteiger partial charge in [0, 0.05) is 52.8 Å². The number of thiophene rings is 1. The summed E-state index contributed by atoms with van der Waals surface area (Å²) in [7, 11) is 0. The topological polar surface area (TPSA) is 62.4 Å². The lowest BCUT2D eigenvalue weighted by Crippen LogP contribution is -2.54. The lowest BCUT2D eigenvalue weighted by Gasteiger charge is -2.39. The van der Waals surface area contributed by atoms with E-state index in [0.717, 1.165) is 66.1 Å². The van der Waals surface area contributed by atoms with Crippen LogP contribution in [0.4, 0.5) is 0 Å². The van der Waals surface area contributed by atoms with Crippen LogP contribution in [0.15, 0.2) is 160 Å². The number of para-hydroxylation sites is 3. The van der Waals surface area contributed by atoms with E-state index in [1.807, 2.05) is 23.5 Å². The zero-order chi connectivity index (χ0) is 33.5. The molecule has 3 aromatic heterocycles. The fourth-order valence-corrected chi connectivity index (χ4v) is 9.27. The van der Waals surface area contributed by atoms with Crippen LogP contribution in [-0.2, 0) is 0 Å². The van der Waals surface area contributed by atoms with Gasteiger partial charge in [-0.1, -0.05) is 127 Å². The van der Waals surface area contributed by atoms with Crippen molar-refractivity contribution in [1.29, 1.82) is 0 Å². The molecule has 0 spiro atoms. The van der Waals surface area contributed by atoms with Crippen LogP contribution in [-0.4, -0.2) is 0 Å². The molecule has 7 aromatic carbocycles. The summed E-state index contributed by atoms with van der Waals surface area (Å²) in [4.78, 5) is 0. The molecule has 6 heteroatoms. The minimum atomic E-state index is -0.225. The number of hydrogen-bond donors (Lipinski definition) is 3. The van der Waals surface area contributed by atoms with Gasteiger partial charge >= 0.3 is 0 Å². The molecule has 1 saturated heterocycles. The van der Waals surface area contributed by atoms with Crippen LogP contribution in [0.1, 0.15) is 35.2 Å². The maximum Gasteiger partial charge on any atom is 0.141 e. The normalized spacial score (nSPS) is 18.2. The fraction of sp³-hybridized carbons (Fsp3) is 0.0667. The van der Waals surface area contributed by atoms with Gasteiger partial charge in [-0.3, -0.25) is 16.0 Å². The maximum absolute atomic E-state index is 6.85. The Morgan fingerprint density at radius 1 is 0.431 bits per heavy atom. The third kappa shape index (κ3) is 4.58. The molecule has 3 N–H and O–H groups in total. The van der Waals surface area contributed by atoms with Crippen LogP contribution in [0.3, 0.4) is 0 Å². The number of hydrogen-bond acceptors (Lipinski definition) is 6. The Kier molecular flexibility index (Phi) is 6.48. The molecule has 1 aliphatic heterocycles. The van der Waals surface area contributed by atoms with Gasteiger partial charge in [-0.2, -0.15) is 0 Å². The Hall–Kier alpha value is -5.76. The highest BCUT2D eigenvalue weighted by molar-refractivity contribution is 7.26. The van der Waals surface area contributed by atoms with Crippen LogP contribution >= 0.6 is 11.3 Å². The quantitative estimate of drug-likeness (QED) is 0.173. The van der Waals surface area contributed by atoms with E-state index in [1.165, 1.54) is 25.7 Å². The van der Waals surface area contributed by atoms with E-state index in [2.05, 4.69) is 155 Å². The van der Waals surface area contributed by atoms with Gasteiger partial charge in [0.25, 0.3) is 0 Å². The summed E-state index contributed by atoms with van der Waals surface area (Å²) >= 11 is 1.85. The van der Waals surface area contributed by atoms with Crippen molar-refractivity contribution in [2.45, 2.75) is 18.5 Å². The van der Waals surface area contributed by atoms with E-state index in [0.29, 0.717) is 0 Å². The molecule has 0 amide bonds. The molecule has 51 heavy (non-hydrogen) atoms. The predicted molar refractivity (Wildman–Crippen MR) is 210 cm³/mol. The number of rotatable bonds is 4. The summed E-state index contributed by atoms with van der Waals surface area (Å²) in [6.07, 6.45) is -0.564. The van der Waals surface area contributed by atoms with Gasteiger partial charge in [0.15, 0.2) is 0 Å². The zero-order valence-electron chi connectivity index (χ0n) is 27.4. The van der Waals surface area contributed by atoms with Gasteiger partial charge in [-0.25, -0.2) is 0 Å². The van der Waals surface area contributed by atoms with Crippen molar-refractivity contribution in [1.82, 2.24) is 16.0 Å². The first kappa shape index (κ1) is 29.0. The first-order valence-corrected chi connectivity index (χ1v) is 18.2. The number of benzene rings is 7. The second-order valence-corrected chi connectivity index (χ2v) is 14.4. The average Bonchev–Trinajstić information content (AvgIpc) is 3.89. The van der Waals surface area contributed by atoms with E-state index in [1.54, 1.807) is 0 Å². The van der Waals surface area contributed by atoms with Gasteiger partial charge < -0.3 is 8.83 Å². The molecule has 3 atom stereocenters. The van der Waals surface area contributed by atoms with Crippen molar-refractivity contribution in [2.75, 3.05) is 0 Å². The highest BCUT2D eigenvalue weighted by atomic mass is 32.1. The van der Waals surface area contributed by atoms with Crippen molar-refractivity contribution >= 4 is 75.4 Å². The van der Waals surface area contributed by atoms with Crippen LogP contribution in [0.2, 0.25) is 0 Å². The molecule has 244 valence electrons. The largest absolute Gasteiger partial charge is 0.456 e. The molecule has 0 saturated carbocycles. The van der Waals surface area contributed by atoms with Crippen molar-refractivity contribution < 1.29 is 8.83 Å². The molecule has 0 radical (unpaired) electrons. The third-order valence-electron chi connectivity index (χ3n) is 10.4. The molecule has 4 heterocycles. The minimum absolute atomic E-state index is 0.130. The highest BCUT2D eigenvalue weighted by Gasteiger charge is 2.33. The summed E-state index contributed by atoms with van der Waals surface area (Å²) in [5, 5.41) is 18.6. The first-order chi connectivity index (χ1) is 25.3. The molecule has 1 fully saturated rings. The van der Waals surface area contributed by atoms with Crippen molar-refractivity contribution in [3.63, 3.8) is 0 Å². The van der Waals surface area contributed by atoms with Gasteiger partial charge in [-0.15, -0.1) is 11.3 Å². The van der Waals surface area contributed by atoms with E-state index >= 15 is 0 Å². The number of nitrogens with one attached hydrogen (secondary N) is 3. The zero-order valence-corrected chi connectivity index (χ0v) is 28.2. The van der Waals surface area contributed by atoms with Gasteiger partial charge in [-0.05, 0) is 41.0 Å². The monoisotopic (exact) mass is 677 g/mol. The van der Waals surface area contributed by atoms with Crippen LogP contribution in [0, 0.1) is 0 Å². The predicted octanol–water partition coefficient (Wildman–Crippen LogP) is 11.7. The van der Waals surface area contributed by atoms with E-state index < -0.39 is 0 Å². The van der Waals surface area contributed by atoms with E-state index in [-0.39, 0.29) is 18.5 Å². The Morgan fingerprint density at radius 3 is 1.80 bits per heavy atom. The van der Waals surface area contributed by atoms with Crippen LogP contribution in [0.5, 0.6) is 0 Å². The van der Waals surface area contributed by atoms with Crippen molar-refractivity contribution in [3.05, 3.63) is 168 Å². The molecule has 1 aliphatic rings.